The molecule has 2 aliphatic rings. The van der Waals surface area contributed by atoms with Gasteiger partial charge in [0.05, 0.1) is 5.57 Å². The van der Waals surface area contributed by atoms with E-state index in [2.05, 4.69) is 5.32 Å². The summed E-state index contributed by atoms with van der Waals surface area (Å²) in [7, 11) is 0. The fourth-order valence-electron chi connectivity index (χ4n) is 2.34. The van der Waals surface area contributed by atoms with Gasteiger partial charge in [-0.15, -0.1) is 0 Å². The molecule has 1 amide bonds. The van der Waals surface area contributed by atoms with Crippen LogP contribution in [0.15, 0.2) is 11.1 Å². The third kappa shape index (κ3) is 1.43. The van der Waals surface area contributed by atoms with Crippen LogP contribution < -0.4 is 11.1 Å². The molecule has 3 N–H and O–H groups in total. The molecule has 0 radical (unpaired) electrons. The van der Waals surface area contributed by atoms with E-state index < -0.39 is 17.5 Å². The van der Waals surface area contributed by atoms with Gasteiger partial charge in [0, 0.05) is 18.4 Å². The van der Waals surface area contributed by atoms with Crippen LogP contribution in [0, 0.1) is 0 Å². The number of primary amides is 1. The Morgan fingerprint density at radius 2 is 2.07 bits per heavy atom. The van der Waals surface area contributed by atoms with E-state index in [0.717, 1.165) is 13.1 Å². The Labute approximate surface area is 87.6 Å². The maximum atomic E-state index is 11.5. The minimum Gasteiger partial charge on any atom is -0.450 e. The van der Waals surface area contributed by atoms with Crippen molar-refractivity contribution in [2.75, 3.05) is 13.1 Å². The molecule has 0 bridgehead atoms. The first-order chi connectivity index (χ1) is 7.07. The van der Waals surface area contributed by atoms with Gasteiger partial charge in [0.15, 0.2) is 0 Å². The molecule has 5 nitrogen and oxygen atoms in total. The Bertz CT molecular complexity index is 354. The van der Waals surface area contributed by atoms with Crippen molar-refractivity contribution < 1.29 is 14.3 Å². The number of hydrogen-bond acceptors (Lipinski definition) is 4. The molecule has 15 heavy (non-hydrogen) atoms. The van der Waals surface area contributed by atoms with Gasteiger partial charge >= 0.3 is 5.97 Å². The van der Waals surface area contributed by atoms with E-state index in [9.17, 15) is 9.59 Å². The lowest BCUT2D eigenvalue weighted by Crippen LogP contribution is -2.46. The molecule has 82 valence electrons. The molecule has 2 aliphatic heterocycles. The van der Waals surface area contributed by atoms with Crippen LogP contribution in [0.4, 0.5) is 0 Å². The summed E-state index contributed by atoms with van der Waals surface area (Å²) in [4.78, 5) is 22.8. The number of carbonyl (C=O) groups excluding carboxylic acids is 2. The first-order valence-electron chi connectivity index (χ1n) is 5.02. The summed E-state index contributed by atoms with van der Waals surface area (Å²) in [6, 6.07) is 0. The van der Waals surface area contributed by atoms with Crippen LogP contribution in [0.2, 0.25) is 0 Å². The minimum absolute atomic E-state index is 0.365. The Morgan fingerprint density at radius 1 is 1.47 bits per heavy atom. The number of piperidine rings is 1. The topological polar surface area (TPSA) is 81.4 Å². The van der Waals surface area contributed by atoms with E-state index >= 15 is 0 Å². The fourth-order valence-corrected chi connectivity index (χ4v) is 2.34. The zero-order chi connectivity index (χ0) is 11.1. The number of nitrogens with one attached hydrogen (secondary N) is 1. The molecule has 0 aromatic carbocycles. The fraction of sp³-hybridized carbons (Fsp3) is 0.600. The van der Waals surface area contributed by atoms with Gasteiger partial charge in [-0.05, 0) is 20.0 Å². The van der Waals surface area contributed by atoms with E-state index in [-0.39, 0.29) is 0 Å². The van der Waals surface area contributed by atoms with Gasteiger partial charge in [0.2, 0.25) is 5.91 Å². The predicted octanol–water partition coefficient (Wildman–Crippen LogP) is -0.533. The number of nitrogens with two attached hydrogens (primary N) is 1. The van der Waals surface area contributed by atoms with Crippen molar-refractivity contribution in [2.24, 2.45) is 5.73 Å². The van der Waals surface area contributed by atoms with E-state index in [1.165, 1.54) is 0 Å². The summed E-state index contributed by atoms with van der Waals surface area (Å²) >= 11 is 0. The third-order valence-electron chi connectivity index (χ3n) is 3.08. The molecule has 0 unspecified atom stereocenters. The normalized spacial score (nSPS) is 24.5. The second-order valence-corrected chi connectivity index (χ2v) is 4.00. The lowest BCUT2D eigenvalue weighted by Gasteiger charge is -2.33. The average molecular weight is 210 g/mol. The molecule has 5 heteroatoms. The highest BCUT2D eigenvalue weighted by atomic mass is 16.6. The van der Waals surface area contributed by atoms with Crippen LogP contribution in [0.25, 0.3) is 0 Å². The summed E-state index contributed by atoms with van der Waals surface area (Å²) in [6.07, 6.45) is 1.24. The number of rotatable bonds is 1. The minimum atomic E-state index is -0.752. The molecule has 2 rings (SSSR count). The zero-order valence-corrected chi connectivity index (χ0v) is 8.63. The molecule has 0 aliphatic carbocycles. The van der Waals surface area contributed by atoms with Crippen LogP contribution in [0.3, 0.4) is 0 Å². The smallest absolute Gasteiger partial charge is 0.335 e. The lowest BCUT2D eigenvalue weighted by molar-refractivity contribution is -0.149. The number of carbonyl (C=O) groups is 2. The van der Waals surface area contributed by atoms with Crippen molar-refractivity contribution in [3.8, 4) is 0 Å². The van der Waals surface area contributed by atoms with Crippen LogP contribution in [0.1, 0.15) is 19.8 Å². The molecule has 0 atom stereocenters. The monoisotopic (exact) mass is 210 g/mol. The molecule has 1 fully saturated rings. The molecule has 0 saturated carbocycles. The van der Waals surface area contributed by atoms with Gasteiger partial charge in [0.1, 0.15) is 5.60 Å². The summed E-state index contributed by atoms with van der Waals surface area (Å²) in [6.45, 7) is 3.06. The summed E-state index contributed by atoms with van der Waals surface area (Å²) < 4.78 is 5.32. The SMILES string of the molecule is CC1=C(C(N)=O)C2(CCNCC2)OC1=O. The quantitative estimate of drug-likeness (QED) is 0.570. The Kier molecular flexibility index (Phi) is 2.26. The molecule has 0 aromatic rings. The van der Waals surface area contributed by atoms with E-state index in [1.54, 1.807) is 6.92 Å². The Morgan fingerprint density at radius 3 is 2.60 bits per heavy atom. The number of hydrogen-bond donors (Lipinski definition) is 2. The molecular formula is C10H14N2O3. The Hall–Kier alpha value is -1.36. The van der Waals surface area contributed by atoms with Crippen molar-refractivity contribution in [1.82, 2.24) is 5.32 Å². The highest BCUT2D eigenvalue weighted by molar-refractivity contribution is 6.06. The predicted molar refractivity (Wildman–Crippen MR) is 52.8 cm³/mol. The first-order valence-corrected chi connectivity index (χ1v) is 5.02. The van der Waals surface area contributed by atoms with Gasteiger partial charge in [-0.3, -0.25) is 4.79 Å². The zero-order valence-electron chi connectivity index (χ0n) is 8.63. The molecular weight excluding hydrogens is 196 g/mol. The molecule has 1 spiro atoms. The molecule has 2 heterocycles. The van der Waals surface area contributed by atoms with E-state index in [1.807, 2.05) is 0 Å². The van der Waals surface area contributed by atoms with Crippen molar-refractivity contribution in [2.45, 2.75) is 25.4 Å². The van der Waals surface area contributed by atoms with Crippen LogP contribution >= 0.6 is 0 Å². The third-order valence-corrected chi connectivity index (χ3v) is 3.08. The van der Waals surface area contributed by atoms with Crippen LogP contribution in [0.5, 0.6) is 0 Å². The largest absolute Gasteiger partial charge is 0.450 e. The average Bonchev–Trinajstić information content (AvgIpc) is 2.40. The number of ether oxygens (including phenoxy) is 1. The van der Waals surface area contributed by atoms with E-state index in [0.29, 0.717) is 24.0 Å². The highest BCUT2D eigenvalue weighted by Crippen LogP contribution is 2.39. The van der Waals surface area contributed by atoms with Crippen LogP contribution in [-0.4, -0.2) is 30.6 Å². The van der Waals surface area contributed by atoms with Crippen molar-refractivity contribution in [1.29, 1.82) is 0 Å². The lowest BCUT2D eigenvalue weighted by atomic mass is 9.83. The molecule has 1 saturated heterocycles. The second-order valence-electron chi connectivity index (χ2n) is 4.00. The van der Waals surface area contributed by atoms with Crippen molar-refractivity contribution in [3.05, 3.63) is 11.1 Å². The number of amides is 1. The standard InChI is InChI=1S/C10H14N2O3/c1-6-7(8(11)13)10(15-9(6)14)2-4-12-5-3-10/h12H,2-5H2,1H3,(H2,11,13). The van der Waals surface area contributed by atoms with Gasteiger partial charge in [-0.2, -0.15) is 0 Å². The highest BCUT2D eigenvalue weighted by Gasteiger charge is 2.48. The Balaban J connectivity index is 2.41. The van der Waals surface area contributed by atoms with Gasteiger partial charge in [-0.25, -0.2) is 4.79 Å². The number of esters is 1. The van der Waals surface area contributed by atoms with Gasteiger partial charge in [0.25, 0.3) is 0 Å². The van der Waals surface area contributed by atoms with Gasteiger partial charge in [-0.1, -0.05) is 0 Å². The van der Waals surface area contributed by atoms with Crippen molar-refractivity contribution in [3.63, 3.8) is 0 Å². The van der Waals surface area contributed by atoms with Crippen LogP contribution in [-0.2, 0) is 14.3 Å². The summed E-state index contributed by atoms with van der Waals surface area (Å²) in [5.41, 5.74) is 5.29. The van der Waals surface area contributed by atoms with Gasteiger partial charge < -0.3 is 15.8 Å². The summed E-state index contributed by atoms with van der Waals surface area (Å²) in [5, 5.41) is 3.16. The second kappa shape index (κ2) is 3.34. The summed E-state index contributed by atoms with van der Waals surface area (Å²) in [5.74, 6) is -0.953. The molecule has 0 aromatic heterocycles. The van der Waals surface area contributed by atoms with Crippen molar-refractivity contribution >= 4 is 11.9 Å². The maximum Gasteiger partial charge on any atom is 0.335 e. The maximum absolute atomic E-state index is 11.5. The van der Waals surface area contributed by atoms with E-state index in [4.69, 9.17) is 10.5 Å². The first kappa shape index (κ1) is 10.2.